The minimum atomic E-state index is -3.57. The quantitative estimate of drug-likeness (QED) is 0.822. The van der Waals surface area contributed by atoms with Crippen molar-refractivity contribution in [2.75, 3.05) is 13.7 Å². The number of aryl methyl sites for hydroxylation is 1. The molecule has 2 aromatic rings. The summed E-state index contributed by atoms with van der Waals surface area (Å²) in [4.78, 5) is 2.40. The minimum absolute atomic E-state index is 0.195. The highest BCUT2D eigenvalue weighted by Gasteiger charge is 2.20. The number of nitrogens with one attached hydrogen (secondary N) is 1. The fourth-order valence-corrected chi connectivity index (χ4v) is 4.84. The van der Waals surface area contributed by atoms with Gasteiger partial charge < -0.3 is 4.74 Å². The highest BCUT2D eigenvalue weighted by molar-refractivity contribution is 9.10. The third kappa shape index (κ3) is 4.14. The van der Waals surface area contributed by atoms with Crippen LogP contribution in [0.3, 0.4) is 0 Å². The SMILES string of the molecule is CO[C@H](CNS(=O)(=O)c1ccccc1Br)c1ccc(C)s1. The number of hydrogen-bond acceptors (Lipinski definition) is 4. The van der Waals surface area contributed by atoms with Crippen LogP contribution in [0.15, 0.2) is 45.8 Å². The molecule has 0 saturated carbocycles. The highest BCUT2D eigenvalue weighted by Crippen LogP contribution is 2.26. The van der Waals surface area contributed by atoms with Crippen LogP contribution in [0.5, 0.6) is 0 Å². The molecule has 1 aromatic carbocycles. The summed E-state index contributed by atoms with van der Waals surface area (Å²) in [6.45, 7) is 2.20. The van der Waals surface area contributed by atoms with Gasteiger partial charge in [0.1, 0.15) is 6.10 Å². The molecule has 0 fully saturated rings. The third-order valence-electron chi connectivity index (χ3n) is 2.95. The lowest BCUT2D eigenvalue weighted by Gasteiger charge is -2.15. The second-order valence-electron chi connectivity index (χ2n) is 4.46. The van der Waals surface area contributed by atoms with E-state index < -0.39 is 10.0 Å². The third-order valence-corrected chi connectivity index (χ3v) is 6.48. The molecule has 21 heavy (non-hydrogen) atoms. The van der Waals surface area contributed by atoms with Crippen LogP contribution in [0, 0.1) is 6.92 Å². The monoisotopic (exact) mass is 389 g/mol. The molecule has 0 bridgehead atoms. The predicted octanol–water partition coefficient (Wildman–Crippen LogP) is 3.49. The van der Waals surface area contributed by atoms with Crippen LogP contribution in [0.25, 0.3) is 0 Å². The second kappa shape index (κ2) is 7.02. The van der Waals surface area contributed by atoms with Crippen LogP contribution in [0.4, 0.5) is 0 Å². The number of benzene rings is 1. The Morgan fingerprint density at radius 2 is 2.00 bits per heavy atom. The van der Waals surface area contributed by atoms with E-state index in [0.717, 1.165) is 4.88 Å². The van der Waals surface area contributed by atoms with Gasteiger partial charge in [0.15, 0.2) is 0 Å². The van der Waals surface area contributed by atoms with Crippen molar-refractivity contribution in [1.82, 2.24) is 4.72 Å². The average molecular weight is 390 g/mol. The Hall–Kier alpha value is -0.730. The van der Waals surface area contributed by atoms with E-state index in [0.29, 0.717) is 4.47 Å². The second-order valence-corrected chi connectivity index (χ2v) is 8.36. The molecule has 0 aliphatic heterocycles. The number of sulfonamides is 1. The lowest BCUT2D eigenvalue weighted by Crippen LogP contribution is -2.29. The maximum Gasteiger partial charge on any atom is 0.241 e. The van der Waals surface area contributed by atoms with Gasteiger partial charge >= 0.3 is 0 Å². The zero-order valence-electron chi connectivity index (χ0n) is 11.7. The molecule has 0 spiro atoms. The van der Waals surface area contributed by atoms with Crippen molar-refractivity contribution in [3.05, 3.63) is 50.6 Å². The summed E-state index contributed by atoms with van der Waals surface area (Å²) in [6.07, 6.45) is -0.291. The zero-order valence-corrected chi connectivity index (χ0v) is 14.9. The van der Waals surface area contributed by atoms with Gasteiger partial charge in [-0.2, -0.15) is 0 Å². The topological polar surface area (TPSA) is 55.4 Å². The number of methoxy groups -OCH3 is 1. The van der Waals surface area contributed by atoms with Crippen LogP contribution in [-0.2, 0) is 14.8 Å². The van der Waals surface area contributed by atoms with Gasteiger partial charge in [-0.15, -0.1) is 11.3 Å². The number of thiophene rings is 1. The van der Waals surface area contributed by atoms with Crippen molar-refractivity contribution in [3.63, 3.8) is 0 Å². The van der Waals surface area contributed by atoms with E-state index in [4.69, 9.17) is 4.74 Å². The molecular formula is C14H16BrNO3S2. The van der Waals surface area contributed by atoms with Gasteiger partial charge in [-0.05, 0) is 47.1 Å². The standard InChI is InChI=1S/C14H16BrNO3S2/c1-10-7-8-13(20-10)12(19-2)9-16-21(17,18)14-6-4-3-5-11(14)15/h3-8,12,16H,9H2,1-2H3/t12-/m1/s1. The zero-order chi connectivity index (χ0) is 15.5. The van der Waals surface area contributed by atoms with Gasteiger partial charge in [0.05, 0.1) is 4.90 Å². The molecule has 4 nitrogen and oxygen atoms in total. The summed E-state index contributed by atoms with van der Waals surface area (Å²) < 4.78 is 33.2. The average Bonchev–Trinajstić information content (AvgIpc) is 2.86. The first-order valence-electron chi connectivity index (χ1n) is 6.27. The molecule has 0 radical (unpaired) electrons. The van der Waals surface area contributed by atoms with E-state index >= 15 is 0 Å². The normalized spacial score (nSPS) is 13.3. The number of hydrogen-bond donors (Lipinski definition) is 1. The Morgan fingerprint density at radius 3 is 2.57 bits per heavy atom. The van der Waals surface area contributed by atoms with E-state index in [1.54, 1.807) is 42.7 Å². The Balaban J connectivity index is 2.12. The fraction of sp³-hybridized carbons (Fsp3) is 0.286. The van der Waals surface area contributed by atoms with Gasteiger partial charge in [-0.3, -0.25) is 0 Å². The van der Waals surface area contributed by atoms with Crippen LogP contribution < -0.4 is 4.72 Å². The van der Waals surface area contributed by atoms with E-state index in [1.165, 1.54) is 4.88 Å². The fourth-order valence-electron chi connectivity index (χ4n) is 1.85. The van der Waals surface area contributed by atoms with E-state index in [1.807, 2.05) is 19.1 Å². The molecule has 0 unspecified atom stereocenters. The molecule has 0 aliphatic rings. The van der Waals surface area contributed by atoms with Crippen LogP contribution in [-0.4, -0.2) is 22.1 Å². The van der Waals surface area contributed by atoms with E-state index in [2.05, 4.69) is 20.7 Å². The molecule has 0 aliphatic carbocycles. The molecule has 0 amide bonds. The lowest BCUT2D eigenvalue weighted by atomic mass is 10.3. The first kappa shape index (κ1) is 16.6. The summed E-state index contributed by atoms with van der Waals surface area (Å²) in [5.41, 5.74) is 0. The molecule has 7 heteroatoms. The van der Waals surface area contributed by atoms with Crippen molar-refractivity contribution >= 4 is 37.3 Å². The Labute approximate surface area is 137 Å². The molecule has 1 heterocycles. The number of rotatable bonds is 6. The minimum Gasteiger partial charge on any atom is -0.375 e. The van der Waals surface area contributed by atoms with Crippen molar-refractivity contribution < 1.29 is 13.2 Å². The van der Waals surface area contributed by atoms with Gasteiger partial charge in [0, 0.05) is 27.9 Å². The molecule has 1 atom stereocenters. The first-order chi connectivity index (χ1) is 9.94. The molecule has 1 N–H and O–H groups in total. The van der Waals surface area contributed by atoms with Crippen molar-refractivity contribution in [2.24, 2.45) is 0 Å². The lowest BCUT2D eigenvalue weighted by molar-refractivity contribution is 0.110. The van der Waals surface area contributed by atoms with E-state index in [-0.39, 0.29) is 17.5 Å². The van der Waals surface area contributed by atoms with Gasteiger partial charge in [0.25, 0.3) is 0 Å². The molecular weight excluding hydrogens is 374 g/mol. The predicted molar refractivity (Wildman–Crippen MR) is 88.1 cm³/mol. The van der Waals surface area contributed by atoms with Crippen molar-refractivity contribution in [2.45, 2.75) is 17.9 Å². The Kier molecular flexibility index (Phi) is 5.56. The largest absolute Gasteiger partial charge is 0.375 e. The summed E-state index contributed by atoms with van der Waals surface area (Å²) in [5, 5.41) is 0. The van der Waals surface area contributed by atoms with Crippen LogP contribution in [0.2, 0.25) is 0 Å². The summed E-state index contributed by atoms with van der Waals surface area (Å²) in [5.74, 6) is 0. The maximum absolute atomic E-state index is 12.3. The van der Waals surface area contributed by atoms with Crippen molar-refractivity contribution in [1.29, 1.82) is 0 Å². The van der Waals surface area contributed by atoms with Crippen LogP contribution >= 0.6 is 27.3 Å². The van der Waals surface area contributed by atoms with Crippen molar-refractivity contribution in [3.8, 4) is 0 Å². The molecule has 2 rings (SSSR count). The Morgan fingerprint density at radius 1 is 1.29 bits per heavy atom. The van der Waals surface area contributed by atoms with Gasteiger partial charge in [-0.1, -0.05) is 12.1 Å². The van der Waals surface area contributed by atoms with Gasteiger partial charge in [0.2, 0.25) is 10.0 Å². The Bertz CT molecular complexity index is 713. The first-order valence-corrected chi connectivity index (χ1v) is 9.36. The molecule has 0 saturated heterocycles. The van der Waals surface area contributed by atoms with E-state index in [9.17, 15) is 8.42 Å². The summed E-state index contributed by atoms with van der Waals surface area (Å²) in [7, 11) is -1.99. The number of halogens is 1. The maximum atomic E-state index is 12.3. The summed E-state index contributed by atoms with van der Waals surface area (Å²) >= 11 is 4.86. The number of ether oxygens (including phenoxy) is 1. The summed E-state index contributed by atoms with van der Waals surface area (Å²) in [6, 6.07) is 10.7. The van der Waals surface area contributed by atoms with Gasteiger partial charge in [-0.25, -0.2) is 13.1 Å². The highest BCUT2D eigenvalue weighted by atomic mass is 79.9. The van der Waals surface area contributed by atoms with Crippen LogP contribution in [0.1, 0.15) is 15.9 Å². The smallest absolute Gasteiger partial charge is 0.241 e. The molecule has 114 valence electrons. The molecule has 1 aromatic heterocycles.